The van der Waals surface area contributed by atoms with Crippen molar-refractivity contribution in [1.29, 1.82) is 0 Å². The van der Waals surface area contributed by atoms with E-state index >= 15 is 0 Å². The van der Waals surface area contributed by atoms with Gasteiger partial charge in [0.15, 0.2) is 0 Å². The van der Waals surface area contributed by atoms with Crippen molar-refractivity contribution in [3.05, 3.63) is 34.3 Å². The minimum atomic E-state index is -0.875. The van der Waals surface area contributed by atoms with Crippen molar-refractivity contribution in [2.75, 3.05) is 13.1 Å². The van der Waals surface area contributed by atoms with Gasteiger partial charge in [-0.3, -0.25) is 9.59 Å². The molecule has 6 heteroatoms. The SMILES string of the molecule is CC(C)(N)C(=O)NCCCNC(=O)c1cccc(Br)c1. The fourth-order valence-electron chi connectivity index (χ4n) is 1.45. The van der Waals surface area contributed by atoms with Crippen LogP contribution in [0.2, 0.25) is 0 Å². The van der Waals surface area contributed by atoms with Gasteiger partial charge in [0.2, 0.25) is 5.91 Å². The Bertz CT molecular complexity index is 484. The summed E-state index contributed by atoms with van der Waals surface area (Å²) in [5.41, 5.74) is 5.37. The zero-order valence-corrected chi connectivity index (χ0v) is 13.3. The zero-order chi connectivity index (χ0) is 15.2. The third-order valence-corrected chi connectivity index (χ3v) is 3.09. The van der Waals surface area contributed by atoms with Crippen LogP contribution in [0.3, 0.4) is 0 Å². The number of rotatable bonds is 6. The molecule has 0 radical (unpaired) electrons. The van der Waals surface area contributed by atoms with Gasteiger partial charge >= 0.3 is 0 Å². The highest BCUT2D eigenvalue weighted by Gasteiger charge is 2.20. The molecular formula is C14H20BrN3O2. The molecule has 5 nitrogen and oxygen atoms in total. The number of benzene rings is 1. The maximum absolute atomic E-state index is 11.8. The Balaban J connectivity index is 2.25. The van der Waals surface area contributed by atoms with Crippen LogP contribution in [-0.4, -0.2) is 30.4 Å². The van der Waals surface area contributed by atoms with Gasteiger partial charge in [-0.2, -0.15) is 0 Å². The van der Waals surface area contributed by atoms with Crippen molar-refractivity contribution in [3.63, 3.8) is 0 Å². The van der Waals surface area contributed by atoms with E-state index < -0.39 is 5.54 Å². The van der Waals surface area contributed by atoms with E-state index in [1.807, 2.05) is 12.1 Å². The molecule has 0 bridgehead atoms. The molecule has 0 saturated heterocycles. The number of nitrogens with two attached hydrogens (primary N) is 1. The number of carbonyl (C=O) groups excluding carboxylic acids is 2. The van der Waals surface area contributed by atoms with Crippen molar-refractivity contribution in [3.8, 4) is 0 Å². The quantitative estimate of drug-likeness (QED) is 0.684. The molecule has 0 aromatic heterocycles. The molecule has 1 aromatic carbocycles. The Morgan fingerprint density at radius 2 is 1.90 bits per heavy atom. The Morgan fingerprint density at radius 1 is 1.25 bits per heavy atom. The molecule has 110 valence electrons. The second kappa shape index (κ2) is 7.40. The van der Waals surface area contributed by atoms with E-state index in [1.54, 1.807) is 26.0 Å². The molecule has 1 aromatic rings. The lowest BCUT2D eigenvalue weighted by Gasteiger charge is -2.17. The average molecular weight is 342 g/mol. The minimum Gasteiger partial charge on any atom is -0.354 e. The average Bonchev–Trinajstić information content (AvgIpc) is 2.36. The van der Waals surface area contributed by atoms with Crippen LogP contribution in [0.4, 0.5) is 0 Å². The summed E-state index contributed by atoms with van der Waals surface area (Å²) < 4.78 is 0.864. The lowest BCUT2D eigenvalue weighted by molar-refractivity contribution is -0.125. The van der Waals surface area contributed by atoms with Crippen LogP contribution in [0.25, 0.3) is 0 Å². The lowest BCUT2D eigenvalue weighted by atomic mass is 10.1. The van der Waals surface area contributed by atoms with Gasteiger partial charge in [-0.1, -0.05) is 22.0 Å². The Morgan fingerprint density at radius 3 is 2.50 bits per heavy atom. The second-order valence-electron chi connectivity index (χ2n) is 5.10. The maximum atomic E-state index is 11.8. The summed E-state index contributed by atoms with van der Waals surface area (Å²) in [6, 6.07) is 7.18. The number of hydrogen-bond donors (Lipinski definition) is 3. The largest absolute Gasteiger partial charge is 0.354 e. The first-order valence-corrected chi connectivity index (χ1v) is 7.21. The summed E-state index contributed by atoms with van der Waals surface area (Å²) in [5.74, 6) is -0.326. The Hall–Kier alpha value is -1.40. The first kappa shape index (κ1) is 16.7. The van der Waals surface area contributed by atoms with E-state index in [4.69, 9.17) is 5.73 Å². The highest BCUT2D eigenvalue weighted by molar-refractivity contribution is 9.10. The predicted molar refractivity (Wildman–Crippen MR) is 82.4 cm³/mol. The van der Waals surface area contributed by atoms with Gasteiger partial charge in [0.25, 0.3) is 5.91 Å². The van der Waals surface area contributed by atoms with Crippen molar-refractivity contribution in [2.24, 2.45) is 5.73 Å². The monoisotopic (exact) mass is 341 g/mol. The highest BCUT2D eigenvalue weighted by atomic mass is 79.9. The summed E-state index contributed by atoms with van der Waals surface area (Å²) in [5, 5.41) is 5.52. The molecule has 0 spiro atoms. The van der Waals surface area contributed by atoms with Crippen LogP contribution in [-0.2, 0) is 4.79 Å². The molecule has 0 saturated carbocycles. The van der Waals surface area contributed by atoms with Crippen LogP contribution >= 0.6 is 15.9 Å². The van der Waals surface area contributed by atoms with Crippen molar-refractivity contribution >= 4 is 27.7 Å². The first-order valence-electron chi connectivity index (χ1n) is 6.41. The molecule has 4 N–H and O–H groups in total. The van der Waals surface area contributed by atoms with Crippen LogP contribution in [0.15, 0.2) is 28.7 Å². The Kier molecular flexibility index (Phi) is 6.16. The van der Waals surface area contributed by atoms with Gasteiger partial charge in [-0.05, 0) is 38.5 Å². The number of halogens is 1. The Labute approximate surface area is 127 Å². The third-order valence-electron chi connectivity index (χ3n) is 2.60. The zero-order valence-electron chi connectivity index (χ0n) is 11.7. The molecular weight excluding hydrogens is 322 g/mol. The maximum Gasteiger partial charge on any atom is 0.251 e. The summed E-state index contributed by atoms with van der Waals surface area (Å²) in [6.07, 6.45) is 0.654. The van der Waals surface area contributed by atoms with Crippen LogP contribution in [0.1, 0.15) is 30.6 Å². The van der Waals surface area contributed by atoms with E-state index in [9.17, 15) is 9.59 Å². The fraction of sp³-hybridized carbons (Fsp3) is 0.429. The third kappa shape index (κ3) is 5.71. The minimum absolute atomic E-state index is 0.128. The summed E-state index contributed by atoms with van der Waals surface area (Å²) >= 11 is 3.32. The number of carbonyl (C=O) groups is 2. The van der Waals surface area contributed by atoms with E-state index in [2.05, 4.69) is 26.6 Å². The normalized spacial score (nSPS) is 11.0. The molecule has 0 aliphatic carbocycles. The van der Waals surface area contributed by atoms with E-state index in [0.717, 1.165) is 4.47 Å². The molecule has 20 heavy (non-hydrogen) atoms. The number of hydrogen-bond acceptors (Lipinski definition) is 3. The molecule has 0 unspecified atom stereocenters. The standard InChI is InChI=1S/C14H20BrN3O2/c1-14(2,16)13(20)18-8-4-7-17-12(19)10-5-3-6-11(15)9-10/h3,5-6,9H,4,7-8,16H2,1-2H3,(H,17,19)(H,18,20). The lowest BCUT2D eigenvalue weighted by Crippen LogP contribution is -2.49. The van der Waals surface area contributed by atoms with Crippen LogP contribution in [0.5, 0.6) is 0 Å². The van der Waals surface area contributed by atoms with Crippen molar-refractivity contribution < 1.29 is 9.59 Å². The van der Waals surface area contributed by atoms with Crippen molar-refractivity contribution in [2.45, 2.75) is 25.8 Å². The second-order valence-corrected chi connectivity index (χ2v) is 6.01. The fourth-order valence-corrected chi connectivity index (χ4v) is 1.85. The van der Waals surface area contributed by atoms with Crippen LogP contribution in [0, 0.1) is 0 Å². The van der Waals surface area contributed by atoms with Crippen molar-refractivity contribution in [1.82, 2.24) is 10.6 Å². The molecule has 2 amide bonds. The summed E-state index contributed by atoms with van der Waals surface area (Å²) in [7, 11) is 0. The van der Waals surface area contributed by atoms with E-state index in [1.165, 1.54) is 0 Å². The highest BCUT2D eigenvalue weighted by Crippen LogP contribution is 2.11. The molecule has 0 fully saturated rings. The number of nitrogens with one attached hydrogen (secondary N) is 2. The van der Waals surface area contributed by atoms with Gasteiger partial charge < -0.3 is 16.4 Å². The topological polar surface area (TPSA) is 84.2 Å². The van der Waals surface area contributed by atoms with Crippen LogP contribution < -0.4 is 16.4 Å². The van der Waals surface area contributed by atoms with E-state index in [-0.39, 0.29) is 11.8 Å². The van der Waals surface area contributed by atoms with Gasteiger partial charge in [-0.25, -0.2) is 0 Å². The van der Waals surface area contributed by atoms with Gasteiger partial charge in [0.1, 0.15) is 0 Å². The molecule has 0 heterocycles. The van der Waals surface area contributed by atoms with Gasteiger partial charge in [-0.15, -0.1) is 0 Å². The number of amides is 2. The van der Waals surface area contributed by atoms with E-state index in [0.29, 0.717) is 25.1 Å². The molecule has 0 aliphatic heterocycles. The smallest absolute Gasteiger partial charge is 0.251 e. The van der Waals surface area contributed by atoms with Gasteiger partial charge in [0, 0.05) is 23.1 Å². The molecule has 0 atom stereocenters. The predicted octanol–water partition coefficient (Wildman–Crippen LogP) is 1.42. The van der Waals surface area contributed by atoms with Gasteiger partial charge in [0.05, 0.1) is 5.54 Å². The summed E-state index contributed by atoms with van der Waals surface area (Å²) in [4.78, 5) is 23.3. The molecule has 0 aliphatic rings. The molecule has 1 rings (SSSR count). The first-order chi connectivity index (χ1) is 9.30. The summed E-state index contributed by atoms with van der Waals surface area (Å²) in [6.45, 7) is 4.28.